The molecule has 2 rings (SSSR count). The Morgan fingerprint density at radius 3 is 2.46 bits per heavy atom. The lowest BCUT2D eigenvalue weighted by atomic mass is 9.98. The molecule has 0 aliphatic carbocycles. The van der Waals surface area contributed by atoms with Gasteiger partial charge in [0.15, 0.2) is 5.82 Å². The summed E-state index contributed by atoms with van der Waals surface area (Å²) in [6.07, 6.45) is 4.70. The fourth-order valence-electron chi connectivity index (χ4n) is 3.05. The summed E-state index contributed by atoms with van der Waals surface area (Å²) in [5.74, 6) is 0.457. The predicted octanol–water partition coefficient (Wildman–Crippen LogP) is 4.78. The van der Waals surface area contributed by atoms with Crippen molar-refractivity contribution in [2.75, 3.05) is 19.8 Å². The van der Waals surface area contributed by atoms with E-state index < -0.39 is 0 Å². The fourth-order valence-corrected chi connectivity index (χ4v) is 3.05. The standard InChI is InChI=1S/C22H33N3O3/c1-5-9-10-18(7-3)21(26)25-20(19-13-11-17(6-2)12-14-19)23-22(24-25)28-16-15-27-8-4/h11-14,18H,5-10,15-16H2,1-4H3. The van der Waals surface area contributed by atoms with Gasteiger partial charge in [-0.1, -0.05) is 57.9 Å². The smallest absolute Gasteiger partial charge is 0.336 e. The van der Waals surface area contributed by atoms with Crippen molar-refractivity contribution in [2.45, 2.75) is 59.8 Å². The number of carbonyl (C=O) groups is 1. The maximum Gasteiger partial charge on any atom is 0.336 e. The number of aryl methyl sites for hydroxylation is 1. The van der Waals surface area contributed by atoms with Gasteiger partial charge in [0.2, 0.25) is 0 Å². The molecular weight excluding hydrogens is 354 g/mol. The van der Waals surface area contributed by atoms with Crippen LogP contribution in [-0.4, -0.2) is 40.5 Å². The lowest BCUT2D eigenvalue weighted by Crippen LogP contribution is -2.23. The molecule has 0 amide bonds. The summed E-state index contributed by atoms with van der Waals surface area (Å²) >= 11 is 0. The number of unbranched alkanes of at least 4 members (excludes halogenated alkanes) is 1. The molecule has 28 heavy (non-hydrogen) atoms. The molecule has 1 aromatic heterocycles. The second kappa shape index (κ2) is 11.6. The zero-order valence-electron chi connectivity index (χ0n) is 17.6. The summed E-state index contributed by atoms with van der Waals surface area (Å²) in [6.45, 7) is 9.69. The Bertz CT molecular complexity index is 725. The molecule has 6 nitrogen and oxygen atoms in total. The molecule has 6 heteroatoms. The summed E-state index contributed by atoms with van der Waals surface area (Å²) in [5.41, 5.74) is 2.10. The van der Waals surface area contributed by atoms with Crippen molar-refractivity contribution in [3.63, 3.8) is 0 Å². The zero-order chi connectivity index (χ0) is 20.4. The van der Waals surface area contributed by atoms with Crippen LogP contribution in [0, 0.1) is 5.92 Å². The highest BCUT2D eigenvalue weighted by molar-refractivity contribution is 5.84. The molecule has 1 unspecified atom stereocenters. The van der Waals surface area contributed by atoms with Crippen molar-refractivity contribution in [1.82, 2.24) is 14.8 Å². The number of rotatable bonds is 12. The summed E-state index contributed by atoms with van der Waals surface area (Å²) < 4.78 is 12.3. The number of hydrogen-bond donors (Lipinski definition) is 0. The van der Waals surface area contributed by atoms with Crippen LogP contribution in [-0.2, 0) is 11.2 Å². The molecular formula is C22H33N3O3. The second-order valence-electron chi connectivity index (χ2n) is 6.81. The van der Waals surface area contributed by atoms with E-state index in [0.29, 0.717) is 25.6 Å². The number of aromatic nitrogens is 3. The van der Waals surface area contributed by atoms with Crippen LogP contribution in [0.25, 0.3) is 11.4 Å². The summed E-state index contributed by atoms with van der Waals surface area (Å²) in [4.78, 5) is 17.7. The van der Waals surface area contributed by atoms with E-state index in [1.807, 2.05) is 26.0 Å². The molecule has 0 aliphatic heterocycles. The molecule has 0 N–H and O–H groups in total. The third-order valence-electron chi connectivity index (χ3n) is 4.83. The highest BCUT2D eigenvalue weighted by Gasteiger charge is 2.24. The highest BCUT2D eigenvalue weighted by atomic mass is 16.5. The molecule has 1 atom stereocenters. The molecule has 1 heterocycles. The molecule has 0 radical (unpaired) electrons. The minimum absolute atomic E-state index is 0.0160. The molecule has 154 valence electrons. The molecule has 0 bridgehead atoms. The minimum Gasteiger partial charge on any atom is -0.460 e. The summed E-state index contributed by atoms with van der Waals surface area (Å²) in [6, 6.07) is 8.31. The lowest BCUT2D eigenvalue weighted by molar-refractivity contribution is 0.0801. The van der Waals surface area contributed by atoms with Gasteiger partial charge in [-0.05, 0) is 31.7 Å². The molecule has 0 fully saturated rings. The van der Waals surface area contributed by atoms with Gasteiger partial charge in [-0.2, -0.15) is 9.67 Å². The van der Waals surface area contributed by atoms with Crippen LogP contribution in [0.4, 0.5) is 0 Å². The van der Waals surface area contributed by atoms with E-state index in [4.69, 9.17) is 9.47 Å². The topological polar surface area (TPSA) is 66.2 Å². The lowest BCUT2D eigenvalue weighted by Gasteiger charge is -2.14. The average Bonchev–Trinajstić information content (AvgIpc) is 3.16. The van der Waals surface area contributed by atoms with Crippen LogP contribution in [0.5, 0.6) is 6.01 Å². The van der Waals surface area contributed by atoms with Crippen LogP contribution in [0.1, 0.15) is 63.7 Å². The number of nitrogens with zero attached hydrogens (tertiary/aromatic N) is 3. The number of hydrogen-bond acceptors (Lipinski definition) is 5. The Labute approximate surface area is 168 Å². The average molecular weight is 388 g/mol. The summed E-state index contributed by atoms with van der Waals surface area (Å²) in [5, 5.41) is 4.38. The molecule has 2 aromatic rings. The third-order valence-corrected chi connectivity index (χ3v) is 4.83. The van der Waals surface area contributed by atoms with E-state index in [-0.39, 0.29) is 17.8 Å². The quantitative estimate of drug-likeness (QED) is 0.490. The second-order valence-corrected chi connectivity index (χ2v) is 6.81. The minimum atomic E-state index is -0.0633. The van der Waals surface area contributed by atoms with Crippen LogP contribution < -0.4 is 4.74 Å². The number of ether oxygens (including phenoxy) is 2. The van der Waals surface area contributed by atoms with Crippen molar-refractivity contribution in [3.8, 4) is 17.4 Å². The first-order valence-electron chi connectivity index (χ1n) is 10.5. The van der Waals surface area contributed by atoms with Crippen molar-refractivity contribution in [3.05, 3.63) is 29.8 Å². The van der Waals surface area contributed by atoms with Gasteiger partial charge in [-0.3, -0.25) is 4.79 Å². The van der Waals surface area contributed by atoms with E-state index in [0.717, 1.165) is 37.7 Å². The van der Waals surface area contributed by atoms with Crippen molar-refractivity contribution in [1.29, 1.82) is 0 Å². The Morgan fingerprint density at radius 1 is 1.11 bits per heavy atom. The van der Waals surface area contributed by atoms with Gasteiger partial charge >= 0.3 is 6.01 Å². The van der Waals surface area contributed by atoms with Crippen molar-refractivity contribution >= 4 is 5.91 Å². The Morgan fingerprint density at radius 2 is 1.86 bits per heavy atom. The number of carbonyl (C=O) groups excluding carboxylic acids is 1. The molecule has 0 saturated heterocycles. The van der Waals surface area contributed by atoms with Gasteiger partial charge in [0, 0.05) is 18.1 Å². The van der Waals surface area contributed by atoms with Crippen LogP contribution in [0.15, 0.2) is 24.3 Å². The van der Waals surface area contributed by atoms with Crippen LogP contribution in [0.2, 0.25) is 0 Å². The fraction of sp³-hybridized carbons (Fsp3) is 0.591. The Balaban J connectivity index is 2.31. The van der Waals surface area contributed by atoms with E-state index in [1.54, 1.807) is 0 Å². The summed E-state index contributed by atoms with van der Waals surface area (Å²) in [7, 11) is 0. The largest absolute Gasteiger partial charge is 0.460 e. The Kier molecular flexibility index (Phi) is 9.14. The third kappa shape index (κ3) is 5.89. The van der Waals surface area contributed by atoms with Gasteiger partial charge < -0.3 is 9.47 Å². The van der Waals surface area contributed by atoms with Gasteiger partial charge in [0.05, 0.1) is 6.61 Å². The van der Waals surface area contributed by atoms with Gasteiger partial charge in [-0.25, -0.2) is 0 Å². The van der Waals surface area contributed by atoms with Crippen LogP contribution in [0.3, 0.4) is 0 Å². The monoisotopic (exact) mass is 387 g/mol. The van der Waals surface area contributed by atoms with E-state index in [2.05, 4.69) is 36.1 Å². The predicted molar refractivity (Wildman–Crippen MR) is 111 cm³/mol. The highest BCUT2D eigenvalue weighted by Crippen LogP contribution is 2.24. The normalized spacial score (nSPS) is 12.1. The van der Waals surface area contributed by atoms with Gasteiger partial charge in [0.25, 0.3) is 5.91 Å². The first kappa shape index (κ1) is 22.1. The first-order chi connectivity index (χ1) is 13.6. The molecule has 1 aromatic carbocycles. The molecule has 0 aliphatic rings. The SMILES string of the molecule is CCCCC(CC)C(=O)n1nc(OCCOCC)nc1-c1ccc(CC)cc1. The van der Waals surface area contributed by atoms with Gasteiger partial charge in [-0.15, -0.1) is 5.10 Å². The zero-order valence-corrected chi connectivity index (χ0v) is 17.6. The van der Waals surface area contributed by atoms with Crippen molar-refractivity contribution < 1.29 is 14.3 Å². The first-order valence-corrected chi connectivity index (χ1v) is 10.5. The molecule has 0 spiro atoms. The van der Waals surface area contributed by atoms with Crippen molar-refractivity contribution in [2.24, 2.45) is 5.92 Å². The van der Waals surface area contributed by atoms with Gasteiger partial charge in [0.1, 0.15) is 6.61 Å². The maximum absolute atomic E-state index is 13.2. The molecule has 0 saturated carbocycles. The maximum atomic E-state index is 13.2. The number of benzene rings is 1. The Hall–Kier alpha value is -2.21. The van der Waals surface area contributed by atoms with E-state index >= 15 is 0 Å². The van der Waals surface area contributed by atoms with E-state index in [9.17, 15) is 4.79 Å². The van der Waals surface area contributed by atoms with Crippen LogP contribution >= 0.6 is 0 Å². The van der Waals surface area contributed by atoms with E-state index in [1.165, 1.54) is 10.2 Å².